The number of rotatable bonds is 4. The Morgan fingerprint density at radius 2 is 1.14 bits per heavy atom. The molecule has 14 heavy (non-hydrogen) atoms. The van der Waals surface area contributed by atoms with Crippen molar-refractivity contribution in [1.82, 2.24) is 3.87 Å². The molecule has 0 aromatic rings. The van der Waals surface area contributed by atoms with Gasteiger partial charge in [-0.3, -0.25) is 13.6 Å². The van der Waals surface area contributed by atoms with E-state index in [4.69, 9.17) is 5.21 Å². The molecule has 0 aliphatic carbocycles. The molecule has 0 fully saturated rings. The van der Waals surface area contributed by atoms with E-state index >= 15 is 0 Å². The van der Waals surface area contributed by atoms with Crippen molar-refractivity contribution in [1.29, 1.82) is 0 Å². The van der Waals surface area contributed by atoms with Crippen LogP contribution in [-0.4, -0.2) is 99.3 Å². The van der Waals surface area contributed by atoms with Crippen molar-refractivity contribution in [2.75, 3.05) is 14.2 Å². The summed E-state index contributed by atoms with van der Waals surface area (Å²) < 4.78 is 48.3. The Hall–Kier alpha value is 1.74. The van der Waals surface area contributed by atoms with Crippen molar-refractivity contribution < 1.29 is 30.4 Å². The first-order valence-corrected chi connectivity index (χ1v) is 5.11. The van der Waals surface area contributed by atoms with E-state index in [0.29, 0.717) is 14.2 Å². The molecule has 0 aromatic carbocycles. The van der Waals surface area contributed by atoms with Crippen LogP contribution in [0.25, 0.3) is 0 Å². The molecule has 0 rings (SSSR count). The summed E-state index contributed by atoms with van der Waals surface area (Å²) in [5, 5.41) is 8.51. The Kier molecular flexibility index (Phi) is 11.9. The Bertz CT molecular complexity index is 301. The van der Waals surface area contributed by atoms with E-state index in [-0.39, 0.29) is 59.1 Å². The summed E-state index contributed by atoms with van der Waals surface area (Å²) in [5.41, 5.74) is 0. The summed E-state index contributed by atoms with van der Waals surface area (Å²) >= 11 is 0. The van der Waals surface area contributed by atoms with Crippen LogP contribution in [0.1, 0.15) is 0 Å². The van der Waals surface area contributed by atoms with Crippen LogP contribution in [-0.2, 0) is 29.0 Å². The van der Waals surface area contributed by atoms with Gasteiger partial charge in [0.25, 0.3) is 0 Å². The molecule has 8 nitrogen and oxygen atoms in total. The summed E-state index contributed by atoms with van der Waals surface area (Å²) in [6.07, 6.45) is 0. The molecule has 0 aliphatic rings. The fraction of sp³-hybridized carbons (Fsp3) is 1.00. The average Bonchev–Trinajstić information content (AvgIpc) is 2.03. The average molecular weight is 269 g/mol. The molecule has 0 spiro atoms. The second kappa shape index (κ2) is 7.92. The summed E-state index contributed by atoms with van der Waals surface area (Å²) in [7, 11) is -8.02. The molecular formula is C2H9NNa2O7S2. The van der Waals surface area contributed by atoms with Crippen molar-refractivity contribution in [3.05, 3.63) is 0 Å². The number of hydrogen-bond donors (Lipinski definition) is 1. The van der Waals surface area contributed by atoms with E-state index in [0.717, 1.165) is 0 Å². The van der Waals surface area contributed by atoms with Crippen LogP contribution >= 0.6 is 0 Å². The van der Waals surface area contributed by atoms with Crippen molar-refractivity contribution in [3.63, 3.8) is 0 Å². The maximum atomic E-state index is 10.5. The van der Waals surface area contributed by atoms with Crippen LogP contribution in [0.3, 0.4) is 0 Å². The van der Waals surface area contributed by atoms with Crippen molar-refractivity contribution in [3.8, 4) is 0 Å². The molecule has 0 amide bonds. The van der Waals surface area contributed by atoms with Crippen molar-refractivity contribution >= 4 is 79.7 Å². The third kappa shape index (κ3) is 5.72. The van der Waals surface area contributed by atoms with Gasteiger partial charge in [-0.05, 0) is 0 Å². The molecule has 0 atom stereocenters. The van der Waals surface area contributed by atoms with Crippen LogP contribution < -0.4 is 0 Å². The molecule has 78 valence electrons. The van der Waals surface area contributed by atoms with Gasteiger partial charge >= 0.3 is 79.7 Å². The molecule has 1 N–H and O–H groups in total. The van der Waals surface area contributed by atoms with Gasteiger partial charge in [0.1, 0.15) is 0 Å². The molecular weight excluding hydrogens is 260 g/mol. The van der Waals surface area contributed by atoms with Gasteiger partial charge in [-0.25, -0.2) is 0 Å². The third-order valence-corrected chi connectivity index (χ3v) is 3.51. The molecule has 0 aromatic heterocycles. The number of nitrogens with zero attached hydrogens (tertiary/aromatic N) is 1. The normalized spacial score (nSPS) is 11.7. The van der Waals surface area contributed by atoms with Crippen molar-refractivity contribution in [2.45, 2.75) is 0 Å². The van der Waals surface area contributed by atoms with Crippen LogP contribution in [0.2, 0.25) is 0 Å². The fourth-order valence-corrected chi connectivity index (χ4v) is 1.75. The molecule has 0 heterocycles. The Labute approximate surface area is 127 Å². The monoisotopic (exact) mass is 269 g/mol. The summed E-state index contributed by atoms with van der Waals surface area (Å²) in [4.78, 5) is 0. The quantitative estimate of drug-likeness (QED) is 0.432. The van der Waals surface area contributed by atoms with Gasteiger partial charge in [0.05, 0.1) is 18.1 Å². The SMILES string of the molecule is COS(=O)(=O)N(O)S(=O)(=O)OC.[NaH].[NaH]. The Balaban J connectivity index is -0.000000605. The van der Waals surface area contributed by atoms with Crippen LogP contribution in [0.15, 0.2) is 0 Å². The molecule has 0 saturated carbocycles. The first-order valence-electron chi connectivity index (χ1n) is 2.38. The predicted molar refractivity (Wildman–Crippen MR) is 49.8 cm³/mol. The summed E-state index contributed by atoms with van der Waals surface area (Å²) in [5.74, 6) is 0. The van der Waals surface area contributed by atoms with E-state index in [1.54, 1.807) is 0 Å². The zero-order valence-electron chi connectivity index (χ0n) is 6.16. The topological polar surface area (TPSA) is 110 Å². The zero-order chi connectivity index (χ0) is 9.99. The number of hydrogen-bond acceptors (Lipinski definition) is 7. The van der Waals surface area contributed by atoms with E-state index in [9.17, 15) is 16.8 Å². The van der Waals surface area contributed by atoms with Gasteiger partial charge in [-0.1, -0.05) is 0 Å². The van der Waals surface area contributed by atoms with E-state index < -0.39 is 24.5 Å². The molecule has 0 aliphatic heterocycles. The van der Waals surface area contributed by atoms with Crippen molar-refractivity contribution in [2.24, 2.45) is 0 Å². The molecule has 0 saturated heterocycles. The first kappa shape index (κ1) is 21.1. The van der Waals surface area contributed by atoms with E-state index in [1.807, 2.05) is 0 Å². The maximum absolute atomic E-state index is 10.5. The summed E-state index contributed by atoms with van der Waals surface area (Å²) in [6.45, 7) is 0. The van der Waals surface area contributed by atoms with E-state index in [1.165, 1.54) is 0 Å². The third-order valence-electron chi connectivity index (χ3n) is 0.804. The minimum atomic E-state index is -4.69. The fourth-order valence-electron chi connectivity index (χ4n) is 0.239. The van der Waals surface area contributed by atoms with Gasteiger partial charge in [0.15, 0.2) is 0 Å². The van der Waals surface area contributed by atoms with Gasteiger partial charge in [0.2, 0.25) is 0 Å². The predicted octanol–water partition coefficient (Wildman–Crippen LogP) is -2.84. The van der Waals surface area contributed by atoms with Crippen LogP contribution in [0.5, 0.6) is 0 Å². The standard InChI is InChI=1S/C2H7NO7S2.2Na.2H/c1-9-11(5,6)3(4)12(7,8)10-2;;;;/h4H,1-2H3;;;;. The van der Waals surface area contributed by atoms with Gasteiger partial charge < -0.3 is 0 Å². The molecule has 0 unspecified atom stereocenters. The van der Waals surface area contributed by atoms with Crippen LogP contribution in [0.4, 0.5) is 0 Å². The second-order valence-corrected chi connectivity index (χ2v) is 4.73. The van der Waals surface area contributed by atoms with E-state index in [2.05, 4.69) is 8.37 Å². The Morgan fingerprint density at radius 1 is 0.929 bits per heavy atom. The Morgan fingerprint density at radius 3 is 1.29 bits per heavy atom. The molecule has 0 radical (unpaired) electrons. The van der Waals surface area contributed by atoms with Crippen LogP contribution in [0, 0.1) is 0 Å². The second-order valence-electron chi connectivity index (χ2n) is 1.43. The molecule has 0 bridgehead atoms. The van der Waals surface area contributed by atoms with Gasteiger partial charge in [-0.15, -0.1) is 0 Å². The zero-order valence-corrected chi connectivity index (χ0v) is 7.79. The van der Waals surface area contributed by atoms with Gasteiger partial charge in [-0.2, -0.15) is 16.8 Å². The minimum absolute atomic E-state index is 0. The first-order chi connectivity index (χ1) is 5.28. The summed E-state index contributed by atoms with van der Waals surface area (Å²) in [6, 6.07) is 0. The molecule has 12 heteroatoms. The van der Waals surface area contributed by atoms with Gasteiger partial charge in [0, 0.05) is 0 Å².